The summed E-state index contributed by atoms with van der Waals surface area (Å²) in [5, 5.41) is 8.96. The Bertz CT molecular complexity index is 1040. The summed E-state index contributed by atoms with van der Waals surface area (Å²) < 4.78 is 2.01. The summed E-state index contributed by atoms with van der Waals surface area (Å²) in [5.74, 6) is 0.774. The van der Waals surface area contributed by atoms with Crippen molar-refractivity contribution >= 4 is 29.1 Å². The highest BCUT2D eigenvalue weighted by molar-refractivity contribution is 8.00. The molecule has 3 rings (SSSR count). The Balaban J connectivity index is 1.81. The Morgan fingerprint density at radius 2 is 1.88 bits per heavy atom. The first-order valence-electron chi connectivity index (χ1n) is 11.0. The number of anilines is 1. The van der Waals surface area contributed by atoms with Crippen LogP contribution in [0, 0.1) is 5.92 Å². The summed E-state index contributed by atoms with van der Waals surface area (Å²) >= 11 is 1.40. The van der Waals surface area contributed by atoms with Gasteiger partial charge in [-0.2, -0.15) is 0 Å². The number of carbonyl (C=O) groups is 2. The van der Waals surface area contributed by atoms with E-state index in [0.29, 0.717) is 17.5 Å². The van der Waals surface area contributed by atoms with Crippen LogP contribution in [0.15, 0.2) is 41.2 Å². The highest BCUT2D eigenvalue weighted by atomic mass is 32.2. The largest absolute Gasteiger partial charge is 0.370 e. The van der Waals surface area contributed by atoms with E-state index in [1.807, 2.05) is 30.7 Å². The van der Waals surface area contributed by atoms with Gasteiger partial charge in [0.05, 0.1) is 5.25 Å². The zero-order chi connectivity index (χ0) is 23.6. The monoisotopic (exact) mass is 455 g/mol. The fraction of sp³-hybridized carbons (Fsp3) is 0.500. The third kappa shape index (κ3) is 4.90. The lowest BCUT2D eigenvalue weighted by Crippen LogP contribution is -2.25. The summed E-state index contributed by atoms with van der Waals surface area (Å²) in [5.41, 5.74) is 8.40. The molecule has 0 radical (unpaired) electrons. The summed E-state index contributed by atoms with van der Waals surface area (Å²) in [6.07, 6.45) is 2.44. The number of aromatic nitrogens is 3. The fourth-order valence-corrected chi connectivity index (χ4v) is 5.00. The number of hydrogen-bond acceptors (Lipinski definition) is 6. The Morgan fingerprint density at radius 3 is 2.50 bits per heavy atom. The molecule has 32 heavy (non-hydrogen) atoms. The molecule has 1 amide bonds. The van der Waals surface area contributed by atoms with E-state index in [9.17, 15) is 9.59 Å². The van der Waals surface area contributed by atoms with Crippen molar-refractivity contribution in [2.24, 2.45) is 11.7 Å². The van der Waals surface area contributed by atoms with Gasteiger partial charge in [0.15, 0.2) is 10.9 Å². The molecular weight excluding hydrogens is 422 g/mol. The van der Waals surface area contributed by atoms with Crippen LogP contribution in [0.5, 0.6) is 0 Å². The number of likely N-dealkylation sites (N-methyl/N-ethyl adjacent to an activating group) is 1. The highest BCUT2D eigenvalue weighted by Gasteiger charge is 2.38. The Kier molecular flexibility index (Phi) is 7.12. The number of fused-ring (bicyclic) bond motifs is 1. The number of para-hydroxylation sites is 1. The number of rotatable bonds is 9. The standard InChI is InChI=1S/C24H33N5O2S/c1-15(2)14-29-22(12-11-21(25)31)26-27-23(29)32-16(3)19(30)13-20-24(4,5)17-9-7-8-10-18(17)28(20)6/h7-10,13,15-16H,11-12,14H2,1-6H3,(H2,25,31)/b20-13+. The first kappa shape index (κ1) is 24.0. The maximum Gasteiger partial charge on any atom is 0.217 e. The van der Waals surface area contributed by atoms with Gasteiger partial charge in [0, 0.05) is 49.3 Å². The summed E-state index contributed by atoms with van der Waals surface area (Å²) in [6, 6.07) is 8.26. The molecule has 0 bridgehead atoms. The first-order chi connectivity index (χ1) is 15.0. The van der Waals surface area contributed by atoms with Crippen molar-refractivity contribution in [2.75, 3.05) is 11.9 Å². The van der Waals surface area contributed by atoms with Gasteiger partial charge in [-0.3, -0.25) is 9.59 Å². The molecule has 0 spiro atoms. The molecule has 1 aliphatic rings. The van der Waals surface area contributed by atoms with Crippen LogP contribution in [0.25, 0.3) is 0 Å². The first-order valence-corrected chi connectivity index (χ1v) is 11.9. The van der Waals surface area contributed by atoms with E-state index in [2.05, 4.69) is 54.9 Å². The number of aryl methyl sites for hydroxylation is 1. The summed E-state index contributed by atoms with van der Waals surface area (Å²) in [7, 11) is 2.01. The zero-order valence-corrected chi connectivity index (χ0v) is 20.6. The molecule has 0 saturated carbocycles. The molecule has 0 aliphatic carbocycles. The van der Waals surface area contributed by atoms with Crippen LogP contribution in [0.4, 0.5) is 5.69 Å². The second kappa shape index (κ2) is 9.48. The quantitative estimate of drug-likeness (QED) is 0.458. The lowest BCUT2D eigenvalue weighted by Gasteiger charge is -2.24. The van der Waals surface area contributed by atoms with Crippen LogP contribution in [-0.2, 0) is 28.0 Å². The van der Waals surface area contributed by atoms with Gasteiger partial charge in [0.25, 0.3) is 0 Å². The molecule has 1 aliphatic heterocycles. The van der Waals surface area contributed by atoms with Crippen molar-refractivity contribution in [3.63, 3.8) is 0 Å². The van der Waals surface area contributed by atoms with Gasteiger partial charge in [-0.15, -0.1) is 10.2 Å². The third-order valence-electron chi connectivity index (χ3n) is 5.84. The van der Waals surface area contributed by atoms with Gasteiger partial charge in [0.1, 0.15) is 5.82 Å². The normalized spacial score (nSPS) is 17.1. The predicted octanol–water partition coefficient (Wildman–Crippen LogP) is 3.71. The van der Waals surface area contributed by atoms with E-state index >= 15 is 0 Å². The number of amides is 1. The van der Waals surface area contributed by atoms with E-state index in [0.717, 1.165) is 23.8 Å². The topological polar surface area (TPSA) is 94.1 Å². The Morgan fingerprint density at radius 1 is 1.19 bits per heavy atom. The SMILES string of the molecule is CC(C)Cn1c(CCC(N)=O)nnc1SC(C)C(=O)/C=C1/N(C)c2ccccc2C1(C)C. The molecule has 2 N–H and O–H groups in total. The second-order valence-corrected chi connectivity index (χ2v) is 10.6. The van der Waals surface area contributed by atoms with Crippen molar-refractivity contribution < 1.29 is 9.59 Å². The van der Waals surface area contributed by atoms with Gasteiger partial charge in [0.2, 0.25) is 5.91 Å². The zero-order valence-electron chi connectivity index (χ0n) is 19.8. The minimum atomic E-state index is -0.363. The maximum atomic E-state index is 13.2. The molecule has 1 aromatic heterocycles. The van der Waals surface area contributed by atoms with E-state index in [-0.39, 0.29) is 28.8 Å². The average Bonchev–Trinajstić information content (AvgIpc) is 3.17. The molecule has 2 aromatic rings. The van der Waals surface area contributed by atoms with Gasteiger partial charge in [-0.1, -0.05) is 57.7 Å². The van der Waals surface area contributed by atoms with Gasteiger partial charge in [-0.25, -0.2) is 0 Å². The van der Waals surface area contributed by atoms with Crippen LogP contribution < -0.4 is 10.6 Å². The van der Waals surface area contributed by atoms with E-state index in [4.69, 9.17) is 5.73 Å². The summed E-state index contributed by atoms with van der Waals surface area (Å²) in [4.78, 5) is 26.5. The highest BCUT2D eigenvalue weighted by Crippen LogP contribution is 2.46. The van der Waals surface area contributed by atoms with Gasteiger partial charge in [-0.05, 0) is 24.5 Å². The predicted molar refractivity (Wildman–Crippen MR) is 129 cm³/mol. The molecule has 7 nitrogen and oxygen atoms in total. The fourth-order valence-electron chi connectivity index (χ4n) is 4.10. The van der Waals surface area contributed by atoms with Crippen molar-refractivity contribution in [1.82, 2.24) is 14.8 Å². The van der Waals surface area contributed by atoms with E-state index in [1.165, 1.54) is 17.3 Å². The number of nitrogens with two attached hydrogens (primary N) is 1. The van der Waals surface area contributed by atoms with Gasteiger partial charge < -0.3 is 15.2 Å². The molecule has 1 unspecified atom stereocenters. The molecule has 172 valence electrons. The maximum absolute atomic E-state index is 13.2. The van der Waals surface area contributed by atoms with E-state index in [1.54, 1.807) is 6.08 Å². The lowest BCUT2D eigenvalue weighted by molar-refractivity contribution is -0.118. The number of allylic oxidation sites excluding steroid dienone is 2. The van der Waals surface area contributed by atoms with Crippen molar-refractivity contribution in [3.8, 4) is 0 Å². The van der Waals surface area contributed by atoms with E-state index < -0.39 is 0 Å². The molecule has 0 saturated heterocycles. The van der Waals surface area contributed by atoms with Crippen LogP contribution in [-0.4, -0.2) is 38.8 Å². The molecule has 0 fully saturated rings. The van der Waals surface area contributed by atoms with Crippen molar-refractivity contribution in [3.05, 3.63) is 47.4 Å². The number of hydrogen-bond donors (Lipinski definition) is 1. The molecular formula is C24H33N5O2S. The molecule has 1 aromatic carbocycles. The number of nitrogens with zero attached hydrogens (tertiary/aromatic N) is 4. The van der Waals surface area contributed by atoms with Crippen LogP contribution in [0.3, 0.4) is 0 Å². The number of carbonyl (C=O) groups excluding carboxylic acids is 2. The van der Waals surface area contributed by atoms with Crippen LogP contribution in [0.2, 0.25) is 0 Å². The smallest absolute Gasteiger partial charge is 0.217 e. The number of ketones is 1. The van der Waals surface area contributed by atoms with Crippen molar-refractivity contribution in [1.29, 1.82) is 0 Å². The molecule has 8 heteroatoms. The van der Waals surface area contributed by atoms with Crippen molar-refractivity contribution in [2.45, 2.75) is 69.8 Å². The summed E-state index contributed by atoms with van der Waals surface area (Å²) in [6.45, 7) is 11.1. The number of benzene rings is 1. The second-order valence-electron chi connectivity index (χ2n) is 9.26. The minimum absolute atomic E-state index is 0.0375. The average molecular weight is 456 g/mol. The third-order valence-corrected chi connectivity index (χ3v) is 6.94. The molecule has 1 atom stereocenters. The van der Waals surface area contributed by atoms with Gasteiger partial charge >= 0.3 is 0 Å². The van der Waals surface area contributed by atoms with Crippen LogP contribution in [0.1, 0.15) is 52.4 Å². The Labute approximate surface area is 194 Å². The lowest BCUT2D eigenvalue weighted by atomic mass is 9.83. The number of thioether (sulfide) groups is 1. The van der Waals surface area contributed by atoms with Crippen LogP contribution >= 0.6 is 11.8 Å². The Hall–Kier alpha value is -2.61. The minimum Gasteiger partial charge on any atom is -0.370 e. The number of primary amides is 1. The molecule has 2 heterocycles.